The van der Waals surface area contributed by atoms with Crippen molar-refractivity contribution in [2.45, 2.75) is 51.0 Å². The van der Waals surface area contributed by atoms with Crippen LogP contribution in [0.15, 0.2) is 18.2 Å². The molecule has 1 aromatic carbocycles. The number of nitrogens with zero attached hydrogens (tertiary/aromatic N) is 2. The SMILES string of the molecule is CC(C)c1ccc2c(c1)C(CC1CCCN1C)CN2C. The minimum Gasteiger partial charge on any atom is -0.374 e. The zero-order valence-electron chi connectivity index (χ0n) is 13.4. The van der Waals surface area contributed by atoms with Gasteiger partial charge >= 0.3 is 0 Å². The quantitative estimate of drug-likeness (QED) is 0.825. The second-order valence-corrected chi connectivity index (χ2v) is 7.06. The summed E-state index contributed by atoms with van der Waals surface area (Å²) in [6.45, 7) is 7.06. The Hall–Kier alpha value is -1.02. The van der Waals surface area contributed by atoms with Crippen LogP contribution in [0.3, 0.4) is 0 Å². The third-order valence-corrected chi connectivity index (χ3v) is 5.29. The summed E-state index contributed by atoms with van der Waals surface area (Å²) in [6.07, 6.45) is 4.09. The lowest BCUT2D eigenvalue weighted by Gasteiger charge is -2.23. The van der Waals surface area contributed by atoms with E-state index in [0.29, 0.717) is 5.92 Å². The summed E-state index contributed by atoms with van der Waals surface area (Å²) < 4.78 is 0. The summed E-state index contributed by atoms with van der Waals surface area (Å²) in [5.41, 5.74) is 4.54. The highest BCUT2D eigenvalue weighted by Gasteiger charge is 2.31. The van der Waals surface area contributed by atoms with Crippen molar-refractivity contribution in [3.05, 3.63) is 29.3 Å². The van der Waals surface area contributed by atoms with E-state index in [4.69, 9.17) is 0 Å². The number of fused-ring (bicyclic) bond motifs is 1. The fourth-order valence-corrected chi connectivity index (χ4v) is 3.94. The molecule has 2 aliphatic heterocycles. The summed E-state index contributed by atoms with van der Waals surface area (Å²) in [4.78, 5) is 5.00. The maximum Gasteiger partial charge on any atom is 0.0400 e. The van der Waals surface area contributed by atoms with Crippen LogP contribution in [-0.2, 0) is 0 Å². The lowest BCUT2D eigenvalue weighted by molar-refractivity contribution is 0.284. The molecule has 2 nitrogen and oxygen atoms in total. The van der Waals surface area contributed by atoms with Gasteiger partial charge in [-0.15, -0.1) is 0 Å². The number of hydrogen-bond acceptors (Lipinski definition) is 2. The number of rotatable bonds is 3. The molecule has 2 aliphatic rings. The predicted octanol–water partition coefficient (Wildman–Crippen LogP) is 3.83. The molecule has 0 saturated carbocycles. The first-order valence-corrected chi connectivity index (χ1v) is 8.11. The Labute approximate surface area is 123 Å². The van der Waals surface area contributed by atoms with Gasteiger partial charge in [0.15, 0.2) is 0 Å². The molecule has 3 rings (SSSR count). The first-order valence-electron chi connectivity index (χ1n) is 8.11. The highest BCUT2D eigenvalue weighted by molar-refractivity contribution is 5.61. The Morgan fingerprint density at radius 2 is 2.05 bits per heavy atom. The minimum atomic E-state index is 0.626. The molecule has 110 valence electrons. The van der Waals surface area contributed by atoms with Crippen molar-refractivity contribution in [3.8, 4) is 0 Å². The van der Waals surface area contributed by atoms with Gasteiger partial charge in [0, 0.05) is 31.2 Å². The maximum atomic E-state index is 2.56. The van der Waals surface area contributed by atoms with E-state index in [1.807, 2.05) is 0 Å². The van der Waals surface area contributed by atoms with Gasteiger partial charge in [-0.05, 0) is 56.0 Å². The van der Waals surface area contributed by atoms with Crippen LogP contribution in [0.1, 0.15) is 56.1 Å². The Bertz CT molecular complexity index is 480. The van der Waals surface area contributed by atoms with Crippen molar-refractivity contribution >= 4 is 5.69 Å². The zero-order valence-corrected chi connectivity index (χ0v) is 13.4. The maximum absolute atomic E-state index is 2.56. The summed E-state index contributed by atoms with van der Waals surface area (Å²) in [6, 6.07) is 7.91. The summed E-state index contributed by atoms with van der Waals surface area (Å²) in [5, 5.41) is 0. The van der Waals surface area contributed by atoms with Crippen LogP contribution >= 0.6 is 0 Å². The van der Waals surface area contributed by atoms with Crippen molar-refractivity contribution in [2.24, 2.45) is 0 Å². The molecule has 0 bridgehead atoms. The molecule has 2 heteroatoms. The smallest absolute Gasteiger partial charge is 0.0400 e. The van der Waals surface area contributed by atoms with Gasteiger partial charge in [-0.2, -0.15) is 0 Å². The molecule has 0 spiro atoms. The van der Waals surface area contributed by atoms with E-state index in [1.54, 1.807) is 5.56 Å². The van der Waals surface area contributed by atoms with Gasteiger partial charge in [0.05, 0.1) is 0 Å². The molecule has 2 heterocycles. The van der Waals surface area contributed by atoms with Gasteiger partial charge in [-0.25, -0.2) is 0 Å². The molecule has 1 aromatic rings. The van der Waals surface area contributed by atoms with Crippen LogP contribution < -0.4 is 4.90 Å². The van der Waals surface area contributed by atoms with Gasteiger partial charge in [-0.1, -0.05) is 26.0 Å². The van der Waals surface area contributed by atoms with Crippen LogP contribution in [0.2, 0.25) is 0 Å². The fourth-order valence-electron chi connectivity index (χ4n) is 3.94. The molecule has 2 unspecified atom stereocenters. The van der Waals surface area contributed by atoms with Crippen LogP contribution in [0, 0.1) is 0 Å². The van der Waals surface area contributed by atoms with Crippen LogP contribution in [0.4, 0.5) is 5.69 Å². The highest BCUT2D eigenvalue weighted by atomic mass is 15.2. The lowest BCUT2D eigenvalue weighted by atomic mass is 9.90. The average Bonchev–Trinajstić information content (AvgIpc) is 2.95. The second kappa shape index (κ2) is 5.40. The summed E-state index contributed by atoms with van der Waals surface area (Å²) in [5.74, 6) is 1.35. The van der Waals surface area contributed by atoms with E-state index >= 15 is 0 Å². The minimum absolute atomic E-state index is 0.626. The Balaban J connectivity index is 1.83. The van der Waals surface area contributed by atoms with Crippen LogP contribution in [0.5, 0.6) is 0 Å². The Morgan fingerprint density at radius 1 is 1.25 bits per heavy atom. The van der Waals surface area contributed by atoms with E-state index in [-0.39, 0.29) is 0 Å². The van der Waals surface area contributed by atoms with Gasteiger partial charge in [0.1, 0.15) is 0 Å². The lowest BCUT2D eigenvalue weighted by Crippen LogP contribution is -2.28. The number of benzene rings is 1. The summed E-state index contributed by atoms with van der Waals surface area (Å²) >= 11 is 0. The zero-order chi connectivity index (χ0) is 14.3. The third kappa shape index (κ3) is 2.46. The largest absolute Gasteiger partial charge is 0.374 e. The van der Waals surface area contributed by atoms with E-state index in [0.717, 1.165) is 12.0 Å². The third-order valence-electron chi connectivity index (χ3n) is 5.29. The molecule has 2 atom stereocenters. The predicted molar refractivity (Wildman–Crippen MR) is 86.8 cm³/mol. The number of likely N-dealkylation sites (N-methyl/N-ethyl adjacent to an activating group) is 1. The monoisotopic (exact) mass is 272 g/mol. The van der Waals surface area contributed by atoms with Crippen LogP contribution in [0.25, 0.3) is 0 Å². The molecular formula is C18H28N2. The first kappa shape index (κ1) is 13.9. The summed E-state index contributed by atoms with van der Waals surface area (Å²) in [7, 11) is 4.54. The molecule has 0 aliphatic carbocycles. The standard InChI is InChI=1S/C18H28N2/c1-13(2)14-7-8-18-17(11-14)15(12-20(18)4)10-16-6-5-9-19(16)3/h7-8,11,13,15-16H,5-6,9-10,12H2,1-4H3. The molecule has 1 saturated heterocycles. The van der Waals surface area contributed by atoms with Crippen LogP contribution in [-0.4, -0.2) is 38.1 Å². The molecule has 0 radical (unpaired) electrons. The van der Waals surface area contributed by atoms with Gasteiger partial charge < -0.3 is 9.80 Å². The van der Waals surface area contributed by atoms with Gasteiger partial charge in [0.25, 0.3) is 0 Å². The van der Waals surface area contributed by atoms with Crippen molar-refractivity contribution in [1.82, 2.24) is 4.90 Å². The molecule has 0 aromatic heterocycles. The van der Waals surface area contributed by atoms with Gasteiger partial charge in [0.2, 0.25) is 0 Å². The average molecular weight is 272 g/mol. The van der Waals surface area contributed by atoms with Crippen molar-refractivity contribution in [2.75, 3.05) is 32.1 Å². The van der Waals surface area contributed by atoms with Crippen molar-refractivity contribution in [1.29, 1.82) is 0 Å². The first-order chi connectivity index (χ1) is 9.56. The highest BCUT2D eigenvalue weighted by Crippen LogP contribution is 2.40. The van der Waals surface area contributed by atoms with E-state index < -0.39 is 0 Å². The Morgan fingerprint density at radius 3 is 2.70 bits per heavy atom. The number of hydrogen-bond donors (Lipinski definition) is 0. The molecular weight excluding hydrogens is 244 g/mol. The van der Waals surface area contributed by atoms with Gasteiger partial charge in [-0.3, -0.25) is 0 Å². The normalized spacial score (nSPS) is 26.6. The topological polar surface area (TPSA) is 6.48 Å². The molecule has 1 fully saturated rings. The van der Waals surface area contributed by atoms with E-state index in [1.165, 1.54) is 43.6 Å². The Kier molecular flexibility index (Phi) is 3.76. The fraction of sp³-hybridized carbons (Fsp3) is 0.667. The van der Waals surface area contributed by atoms with Crippen molar-refractivity contribution in [3.63, 3.8) is 0 Å². The molecule has 0 amide bonds. The van der Waals surface area contributed by atoms with E-state index in [9.17, 15) is 0 Å². The number of likely N-dealkylation sites (tertiary alicyclic amines) is 1. The van der Waals surface area contributed by atoms with E-state index in [2.05, 4.69) is 55.9 Å². The van der Waals surface area contributed by atoms with Crippen molar-refractivity contribution < 1.29 is 0 Å². The molecule has 0 N–H and O–H groups in total. The number of anilines is 1. The molecule has 20 heavy (non-hydrogen) atoms. The second-order valence-electron chi connectivity index (χ2n) is 7.06.